The van der Waals surface area contributed by atoms with E-state index in [1.165, 1.54) is 6.07 Å². The van der Waals surface area contributed by atoms with Crippen LogP contribution < -0.4 is 0 Å². The molecule has 0 radical (unpaired) electrons. The van der Waals surface area contributed by atoms with Crippen molar-refractivity contribution in [3.8, 4) is 0 Å². The molecule has 0 saturated heterocycles. The monoisotopic (exact) mass is 434 g/mol. The van der Waals surface area contributed by atoms with Crippen molar-refractivity contribution in [2.24, 2.45) is 0 Å². The first-order valence-corrected chi connectivity index (χ1v) is 7.19. The molecule has 0 aliphatic rings. The number of benzene rings is 2. The lowest BCUT2D eigenvalue weighted by molar-refractivity contribution is -0.0987. The highest BCUT2D eigenvalue weighted by atomic mass is 19.4. The van der Waals surface area contributed by atoms with E-state index in [1.54, 1.807) is 0 Å². The van der Waals surface area contributed by atoms with Crippen LogP contribution in [0.4, 0.5) is 48.3 Å². The number of halogens is 11. The average Bonchev–Trinajstić information content (AvgIpc) is 2.62. The third-order valence-corrected chi connectivity index (χ3v) is 3.54. The first kappa shape index (κ1) is 22.4. The van der Waals surface area contributed by atoms with Crippen molar-refractivity contribution in [3.05, 3.63) is 76.1 Å². The van der Waals surface area contributed by atoms with Crippen molar-refractivity contribution in [3.63, 3.8) is 0 Å². The Morgan fingerprint density at radius 2 is 1.03 bits per heavy atom. The van der Waals surface area contributed by atoms with Gasteiger partial charge in [0.15, 0.2) is 29.1 Å². The lowest BCUT2D eigenvalue weighted by Gasteiger charge is -2.21. The van der Waals surface area contributed by atoms with Crippen molar-refractivity contribution in [1.29, 1.82) is 0 Å². The highest BCUT2D eigenvalue weighted by Gasteiger charge is 2.51. The minimum absolute atomic E-state index is 0.667. The predicted molar refractivity (Wildman–Crippen MR) is 76.0 cm³/mol. The molecule has 0 spiro atoms. The second-order valence-electron chi connectivity index (χ2n) is 5.39. The molecule has 0 heterocycles. The van der Waals surface area contributed by atoms with Gasteiger partial charge in [0.2, 0.25) is 5.82 Å². The lowest BCUT2D eigenvalue weighted by Crippen LogP contribution is -2.28. The molecule has 2 aromatic carbocycles. The van der Waals surface area contributed by atoms with Crippen LogP contribution in [-0.4, -0.2) is 18.1 Å². The third kappa shape index (κ3) is 4.10. The summed E-state index contributed by atoms with van der Waals surface area (Å²) in [7, 11) is 0. The molecule has 0 unspecified atom stereocenters. The minimum atomic E-state index is -6.33. The number of hydrogen-bond donors (Lipinski definition) is 0. The van der Waals surface area contributed by atoms with Crippen molar-refractivity contribution in [1.82, 2.24) is 0 Å². The number of allylic oxidation sites excluding steroid dienone is 2. The zero-order valence-electron chi connectivity index (χ0n) is 13.5. The number of rotatable bonds is 3. The third-order valence-electron chi connectivity index (χ3n) is 3.54. The highest BCUT2D eigenvalue weighted by Crippen LogP contribution is 2.45. The Morgan fingerprint density at radius 3 is 1.41 bits per heavy atom. The molecule has 1 nitrogen and oxygen atoms in total. The maximum absolute atomic E-state index is 13.9. The molecule has 0 N–H and O–H groups in total. The Morgan fingerprint density at radius 1 is 0.621 bits per heavy atom. The topological polar surface area (TPSA) is 17.1 Å². The fourth-order valence-corrected chi connectivity index (χ4v) is 2.35. The van der Waals surface area contributed by atoms with Crippen LogP contribution in [0.1, 0.15) is 15.9 Å². The molecule has 0 fully saturated rings. The van der Waals surface area contributed by atoms with E-state index >= 15 is 0 Å². The van der Waals surface area contributed by atoms with Gasteiger partial charge in [0.25, 0.3) is 0 Å². The average molecular weight is 434 g/mol. The summed E-state index contributed by atoms with van der Waals surface area (Å²) in [5.74, 6) is -17.4. The summed E-state index contributed by atoms with van der Waals surface area (Å²) in [6.07, 6.45) is -12.5. The molecule has 2 rings (SSSR count). The number of ketones is 1. The number of Topliss-reactive ketones (excluding diaryl/α,β-unsaturated/α-hetero) is 1. The fraction of sp³-hybridized carbons (Fsp3) is 0.118. The van der Waals surface area contributed by atoms with Crippen LogP contribution in [0.25, 0.3) is 5.57 Å². The van der Waals surface area contributed by atoms with Gasteiger partial charge in [-0.05, 0) is 0 Å². The largest absolute Gasteiger partial charge is 0.420 e. The minimum Gasteiger partial charge on any atom is -0.289 e. The highest BCUT2D eigenvalue weighted by molar-refractivity contribution is 6.14. The Labute approximate surface area is 154 Å². The van der Waals surface area contributed by atoms with Gasteiger partial charge in [-0.25, -0.2) is 22.0 Å². The van der Waals surface area contributed by atoms with Crippen molar-refractivity contribution in [2.75, 3.05) is 0 Å². The van der Waals surface area contributed by atoms with Crippen molar-refractivity contribution >= 4 is 11.4 Å². The van der Waals surface area contributed by atoms with E-state index in [1.807, 2.05) is 0 Å². The molecule has 0 saturated carbocycles. The molecule has 2 aromatic rings. The first-order valence-electron chi connectivity index (χ1n) is 7.19. The number of carbonyl (C=O) groups is 1. The van der Waals surface area contributed by atoms with Crippen LogP contribution in [0.2, 0.25) is 0 Å². The Bertz CT molecular complexity index is 956. The summed E-state index contributed by atoms with van der Waals surface area (Å²) in [4.78, 5) is 12.1. The molecule has 29 heavy (non-hydrogen) atoms. The van der Waals surface area contributed by atoms with Crippen molar-refractivity contribution < 1.29 is 53.1 Å². The van der Waals surface area contributed by atoms with Gasteiger partial charge in [0.05, 0.1) is 11.1 Å². The summed E-state index contributed by atoms with van der Waals surface area (Å²) >= 11 is 0. The molecule has 12 heteroatoms. The lowest BCUT2D eigenvalue weighted by atomic mass is 9.92. The Balaban J connectivity index is 3.07. The molecular weight excluding hydrogens is 429 g/mol. The summed E-state index contributed by atoms with van der Waals surface area (Å²) in [5, 5.41) is 0. The van der Waals surface area contributed by atoms with Crippen LogP contribution in [0, 0.1) is 29.1 Å². The molecule has 0 aliphatic carbocycles. The Hall–Kier alpha value is -2.92. The zero-order chi connectivity index (χ0) is 22.3. The molecule has 0 bridgehead atoms. The van der Waals surface area contributed by atoms with Gasteiger partial charge in [0, 0.05) is 5.56 Å². The van der Waals surface area contributed by atoms with E-state index < -0.39 is 69.5 Å². The smallest absolute Gasteiger partial charge is 0.289 e. The maximum atomic E-state index is 13.9. The summed E-state index contributed by atoms with van der Waals surface area (Å²) in [6.45, 7) is 0. The predicted octanol–water partition coefficient (Wildman–Crippen LogP) is 6.14. The van der Waals surface area contributed by atoms with Gasteiger partial charge < -0.3 is 0 Å². The fourth-order valence-electron chi connectivity index (χ4n) is 2.35. The first-order chi connectivity index (χ1) is 13.2. The Kier molecular flexibility index (Phi) is 5.77. The number of alkyl halides is 6. The maximum Gasteiger partial charge on any atom is 0.420 e. The second kappa shape index (κ2) is 7.48. The van der Waals surface area contributed by atoms with Crippen LogP contribution >= 0.6 is 0 Å². The van der Waals surface area contributed by atoms with Gasteiger partial charge >= 0.3 is 12.4 Å². The normalized spacial score (nSPS) is 13.3. The van der Waals surface area contributed by atoms with Gasteiger partial charge in [0.1, 0.15) is 5.57 Å². The van der Waals surface area contributed by atoms with Crippen LogP contribution in [0.15, 0.2) is 35.9 Å². The van der Waals surface area contributed by atoms with Crippen LogP contribution in [0.3, 0.4) is 0 Å². The molecule has 0 atom stereocenters. The van der Waals surface area contributed by atoms with Gasteiger partial charge in [-0.15, -0.1) is 0 Å². The van der Waals surface area contributed by atoms with Crippen LogP contribution in [-0.2, 0) is 0 Å². The second-order valence-corrected chi connectivity index (χ2v) is 5.39. The van der Waals surface area contributed by atoms with Crippen molar-refractivity contribution in [2.45, 2.75) is 12.4 Å². The van der Waals surface area contributed by atoms with E-state index in [0.29, 0.717) is 12.1 Å². The SMILES string of the molecule is O=C(/C(=C(\c1c(F)c(F)c(F)c(F)c1F)C(F)(F)F)C(F)(F)F)c1ccccc1. The molecular formula is C17H5F11O. The summed E-state index contributed by atoms with van der Waals surface area (Å²) in [5.41, 5.74) is -10.4. The van der Waals surface area contributed by atoms with E-state index in [9.17, 15) is 53.1 Å². The molecule has 156 valence electrons. The zero-order valence-corrected chi connectivity index (χ0v) is 13.5. The van der Waals surface area contributed by atoms with E-state index in [-0.39, 0.29) is 0 Å². The standard InChI is InChI=1S/C17H5F11O/c18-10-7(11(19)13(21)14(22)12(10)20)8(16(23,24)25)9(17(26,27)28)15(29)6-4-2-1-3-5-6/h1-5H/b9-8-. The number of hydrogen-bond acceptors (Lipinski definition) is 1. The van der Waals surface area contributed by atoms with E-state index in [0.717, 1.165) is 12.1 Å². The van der Waals surface area contributed by atoms with Gasteiger partial charge in [-0.3, -0.25) is 4.79 Å². The van der Waals surface area contributed by atoms with E-state index in [4.69, 9.17) is 0 Å². The summed E-state index contributed by atoms with van der Waals surface area (Å²) in [6, 6.07) is 4.49. The van der Waals surface area contributed by atoms with Crippen LogP contribution in [0.5, 0.6) is 0 Å². The summed E-state index contributed by atoms with van der Waals surface area (Å²) < 4.78 is 148. The quantitative estimate of drug-likeness (QED) is 0.186. The van der Waals surface area contributed by atoms with Gasteiger partial charge in [-0.1, -0.05) is 30.3 Å². The number of carbonyl (C=O) groups excluding carboxylic acids is 1. The molecule has 0 aromatic heterocycles. The van der Waals surface area contributed by atoms with Gasteiger partial charge in [-0.2, -0.15) is 26.3 Å². The van der Waals surface area contributed by atoms with E-state index in [2.05, 4.69) is 0 Å². The molecule has 0 aliphatic heterocycles. The molecule has 0 amide bonds.